The van der Waals surface area contributed by atoms with Crippen molar-refractivity contribution in [3.63, 3.8) is 0 Å². The topological polar surface area (TPSA) is 61.4 Å². The van der Waals surface area contributed by atoms with Crippen molar-refractivity contribution >= 4 is 11.8 Å². The summed E-state index contributed by atoms with van der Waals surface area (Å²) in [4.78, 5) is 26.6. The lowest BCUT2D eigenvalue weighted by molar-refractivity contribution is -0.135. The van der Waals surface area contributed by atoms with Crippen molar-refractivity contribution in [1.82, 2.24) is 15.5 Å². The van der Waals surface area contributed by atoms with Crippen molar-refractivity contribution in [3.05, 3.63) is 35.4 Å². The van der Waals surface area contributed by atoms with Gasteiger partial charge >= 0.3 is 0 Å². The number of hydrogen-bond donors (Lipinski definition) is 2. The number of amides is 2. The summed E-state index contributed by atoms with van der Waals surface area (Å²) in [7, 11) is 0. The summed E-state index contributed by atoms with van der Waals surface area (Å²) in [6, 6.07) is 8.42. The van der Waals surface area contributed by atoms with E-state index in [4.69, 9.17) is 0 Å². The third kappa shape index (κ3) is 5.80. The molecule has 1 saturated carbocycles. The van der Waals surface area contributed by atoms with Gasteiger partial charge in [-0.3, -0.25) is 9.59 Å². The van der Waals surface area contributed by atoms with Crippen LogP contribution < -0.4 is 10.6 Å². The molecule has 2 N–H and O–H groups in total. The highest BCUT2D eigenvalue weighted by atomic mass is 16.2. The monoisotopic (exact) mass is 371 g/mol. The van der Waals surface area contributed by atoms with Gasteiger partial charge in [0.25, 0.3) is 0 Å². The van der Waals surface area contributed by atoms with Gasteiger partial charge in [0.15, 0.2) is 0 Å². The van der Waals surface area contributed by atoms with E-state index < -0.39 is 0 Å². The zero-order valence-corrected chi connectivity index (χ0v) is 16.5. The highest BCUT2D eigenvalue weighted by Crippen LogP contribution is 2.22. The molecule has 1 aromatic rings. The normalized spacial score (nSPS) is 21.3. The Hall–Kier alpha value is -1.88. The summed E-state index contributed by atoms with van der Waals surface area (Å²) >= 11 is 0. The number of benzene rings is 1. The molecule has 0 aromatic heterocycles. The van der Waals surface area contributed by atoms with Gasteiger partial charge in [0.1, 0.15) is 6.04 Å². The van der Waals surface area contributed by atoms with Crippen LogP contribution in [0.1, 0.15) is 62.5 Å². The van der Waals surface area contributed by atoms with Crippen LogP contribution in [0.3, 0.4) is 0 Å². The molecular weight excluding hydrogens is 338 g/mol. The zero-order valence-electron chi connectivity index (χ0n) is 16.5. The van der Waals surface area contributed by atoms with Crippen molar-refractivity contribution in [3.8, 4) is 0 Å². The van der Waals surface area contributed by atoms with Crippen molar-refractivity contribution < 1.29 is 9.59 Å². The molecular formula is C22H33N3O2. The van der Waals surface area contributed by atoms with Gasteiger partial charge in [0, 0.05) is 32.1 Å². The van der Waals surface area contributed by atoms with E-state index in [1.807, 2.05) is 31.2 Å². The minimum absolute atomic E-state index is 0.0179. The summed E-state index contributed by atoms with van der Waals surface area (Å²) in [5.41, 5.74) is 2.27. The van der Waals surface area contributed by atoms with Gasteiger partial charge in [-0.15, -0.1) is 0 Å². The predicted octanol–water partition coefficient (Wildman–Crippen LogP) is 2.91. The zero-order chi connectivity index (χ0) is 19.1. The van der Waals surface area contributed by atoms with E-state index in [1.165, 1.54) is 44.1 Å². The Morgan fingerprint density at radius 3 is 2.44 bits per heavy atom. The Kier molecular flexibility index (Phi) is 7.27. The van der Waals surface area contributed by atoms with E-state index in [0.717, 1.165) is 12.1 Å². The van der Waals surface area contributed by atoms with Crippen molar-refractivity contribution in [2.24, 2.45) is 0 Å². The lowest BCUT2D eigenvalue weighted by Crippen LogP contribution is -2.46. The Morgan fingerprint density at radius 2 is 1.74 bits per heavy atom. The number of nitrogens with one attached hydrogen (secondary N) is 2. The Morgan fingerprint density at radius 1 is 1.04 bits per heavy atom. The molecule has 2 amide bonds. The molecule has 3 rings (SSSR count). The summed E-state index contributed by atoms with van der Waals surface area (Å²) in [6.07, 6.45) is 8.88. The van der Waals surface area contributed by atoms with Crippen LogP contribution in [0.25, 0.3) is 0 Å². The van der Waals surface area contributed by atoms with E-state index in [2.05, 4.69) is 10.6 Å². The van der Waals surface area contributed by atoms with Crippen LogP contribution in [0.4, 0.5) is 0 Å². The first kappa shape index (κ1) is 19.9. The summed E-state index contributed by atoms with van der Waals surface area (Å²) in [5, 5.41) is 6.61. The number of nitrogens with zero attached hydrogens (tertiary/aromatic N) is 1. The minimum Gasteiger partial charge on any atom is -0.353 e. The largest absolute Gasteiger partial charge is 0.353 e. The molecule has 0 radical (unpaired) electrons. The van der Waals surface area contributed by atoms with Crippen LogP contribution in [0.15, 0.2) is 24.3 Å². The second kappa shape index (κ2) is 9.88. The molecule has 1 aliphatic carbocycles. The molecule has 0 spiro atoms. The van der Waals surface area contributed by atoms with Gasteiger partial charge in [-0.2, -0.15) is 0 Å². The maximum Gasteiger partial charge on any atom is 0.242 e. The Bertz CT molecular complexity index is 621. The second-order valence-electron chi connectivity index (χ2n) is 8.00. The smallest absolute Gasteiger partial charge is 0.242 e. The fraction of sp³-hybridized carbons (Fsp3) is 0.636. The van der Waals surface area contributed by atoms with Crippen molar-refractivity contribution in [2.45, 2.75) is 76.9 Å². The molecule has 1 aromatic carbocycles. The molecule has 1 unspecified atom stereocenters. The SMILES string of the molecule is Cc1ccc(CN2C(=O)CCC2C(=O)NCCNC2CCCCCC2)cc1. The molecule has 1 saturated heterocycles. The summed E-state index contributed by atoms with van der Waals surface area (Å²) in [5.74, 6) is 0.0583. The average Bonchev–Trinajstić information content (AvgIpc) is 2.86. The van der Waals surface area contributed by atoms with E-state index in [-0.39, 0.29) is 17.9 Å². The maximum atomic E-state index is 12.6. The Labute approximate surface area is 162 Å². The highest BCUT2D eigenvalue weighted by molar-refractivity contribution is 5.90. The van der Waals surface area contributed by atoms with Crippen LogP contribution in [0.5, 0.6) is 0 Å². The fourth-order valence-corrected chi connectivity index (χ4v) is 4.16. The van der Waals surface area contributed by atoms with Crippen molar-refractivity contribution in [1.29, 1.82) is 0 Å². The molecule has 2 aliphatic rings. The number of likely N-dealkylation sites (tertiary alicyclic amines) is 1. The van der Waals surface area contributed by atoms with Gasteiger partial charge in [0.05, 0.1) is 0 Å². The summed E-state index contributed by atoms with van der Waals surface area (Å²) in [6.45, 7) is 3.98. The number of hydrogen-bond acceptors (Lipinski definition) is 3. The van der Waals surface area contributed by atoms with Gasteiger partial charge in [-0.05, 0) is 31.7 Å². The van der Waals surface area contributed by atoms with Gasteiger partial charge < -0.3 is 15.5 Å². The summed E-state index contributed by atoms with van der Waals surface area (Å²) < 4.78 is 0. The molecule has 5 heteroatoms. The van der Waals surface area contributed by atoms with E-state index >= 15 is 0 Å². The molecule has 0 bridgehead atoms. The second-order valence-corrected chi connectivity index (χ2v) is 8.00. The van der Waals surface area contributed by atoms with Crippen LogP contribution >= 0.6 is 0 Å². The quantitative estimate of drug-likeness (QED) is 0.572. The average molecular weight is 372 g/mol. The number of carbonyl (C=O) groups is 2. The first-order valence-corrected chi connectivity index (χ1v) is 10.5. The van der Waals surface area contributed by atoms with Crippen LogP contribution in [0, 0.1) is 6.92 Å². The maximum absolute atomic E-state index is 12.6. The van der Waals surface area contributed by atoms with Gasteiger partial charge in [0.2, 0.25) is 11.8 Å². The first-order valence-electron chi connectivity index (χ1n) is 10.5. The van der Waals surface area contributed by atoms with Crippen LogP contribution in [0.2, 0.25) is 0 Å². The highest BCUT2D eigenvalue weighted by Gasteiger charge is 2.35. The van der Waals surface area contributed by atoms with E-state index in [1.54, 1.807) is 4.90 Å². The molecule has 1 atom stereocenters. The van der Waals surface area contributed by atoms with Crippen LogP contribution in [-0.2, 0) is 16.1 Å². The predicted molar refractivity (Wildman–Crippen MR) is 107 cm³/mol. The van der Waals surface area contributed by atoms with E-state index in [9.17, 15) is 9.59 Å². The number of aryl methyl sites for hydroxylation is 1. The number of rotatable bonds is 7. The molecule has 27 heavy (non-hydrogen) atoms. The fourth-order valence-electron chi connectivity index (χ4n) is 4.16. The molecule has 1 aliphatic heterocycles. The van der Waals surface area contributed by atoms with Crippen LogP contribution in [-0.4, -0.2) is 41.9 Å². The minimum atomic E-state index is -0.336. The molecule has 2 fully saturated rings. The molecule has 5 nitrogen and oxygen atoms in total. The molecule has 148 valence electrons. The standard InChI is InChI=1S/C22H33N3O2/c1-17-8-10-18(11-9-17)16-25-20(12-13-21(25)26)22(27)24-15-14-23-19-6-4-2-3-5-7-19/h8-11,19-20,23H,2-7,12-16H2,1H3,(H,24,27). The van der Waals surface area contributed by atoms with E-state index in [0.29, 0.717) is 32.0 Å². The lowest BCUT2D eigenvalue weighted by atomic mass is 10.1. The molecule has 1 heterocycles. The third-order valence-electron chi connectivity index (χ3n) is 5.82. The Balaban J connectivity index is 1.44. The van der Waals surface area contributed by atoms with Crippen molar-refractivity contribution in [2.75, 3.05) is 13.1 Å². The first-order chi connectivity index (χ1) is 13.1. The lowest BCUT2D eigenvalue weighted by Gasteiger charge is -2.24. The van der Waals surface area contributed by atoms with Gasteiger partial charge in [-0.25, -0.2) is 0 Å². The third-order valence-corrected chi connectivity index (χ3v) is 5.82. The number of carbonyl (C=O) groups excluding carboxylic acids is 2. The van der Waals surface area contributed by atoms with Gasteiger partial charge in [-0.1, -0.05) is 55.5 Å².